The van der Waals surface area contributed by atoms with Gasteiger partial charge >= 0.3 is 0 Å². The summed E-state index contributed by atoms with van der Waals surface area (Å²) in [5, 5.41) is 18.5. The molecule has 0 heterocycles. The van der Waals surface area contributed by atoms with Crippen LogP contribution in [-0.2, 0) is 14.8 Å². The highest BCUT2D eigenvalue weighted by molar-refractivity contribution is 7.89. The molecule has 1 saturated carbocycles. The van der Waals surface area contributed by atoms with Crippen LogP contribution in [0.15, 0.2) is 69.7 Å². The zero-order chi connectivity index (χ0) is 20.1. The van der Waals surface area contributed by atoms with Crippen molar-refractivity contribution >= 4 is 27.3 Å². The van der Waals surface area contributed by atoms with E-state index >= 15 is 0 Å². The van der Waals surface area contributed by atoms with Gasteiger partial charge in [0.05, 0.1) is 28.2 Å². The van der Waals surface area contributed by atoms with Gasteiger partial charge in [-0.15, -0.1) is 0 Å². The molecule has 3 rings (SSSR count). The molecule has 1 aliphatic rings. The first-order valence-electron chi connectivity index (χ1n) is 8.99. The molecule has 2 atom stereocenters. The van der Waals surface area contributed by atoms with Gasteiger partial charge in [0.15, 0.2) is 0 Å². The predicted octanol–water partition coefficient (Wildman–Crippen LogP) is 3.53. The van der Waals surface area contributed by atoms with Crippen LogP contribution in [0.2, 0.25) is 0 Å². The van der Waals surface area contributed by atoms with Crippen molar-refractivity contribution in [3.8, 4) is 0 Å². The number of benzene rings is 2. The van der Waals surface area contributed by atoms with Gasteiger partial charge in [0.1, 0.15) is 0 Å². The highest BCUT2D eigenvalue weighted by atomic mass is 32.2. The summed E-state index contributed by atoms with van der Waals surface area (Å²) in [6.45, 7) is 0. The fourth-order valence-corrected chi connectivity index (χ4v) is 4.59. The highest BCUT2D eigenvalue weighted by Gasteiger charge is 2.39. The first-order valence-corrected chi connectivity index (χ1v) is 10.4. The number of nitrogens with zero attached hydrogens (tertiary/aromatic N) is 3. The largest absolute Gasteiger partial charge is 0.369 e. The lowest BCUT2D eigenvalue weighted by atomic mass is 9.84. The van der Waals surface area contributed by atoms with Crippen molar-refractivity contribution in [2.45, 2.75) is 36.6 Å². The molecule has 0 bridgehead atoms. The average Bonchev–Trinajstić information content (AvgIpc) is 2.72. The van der Waals surface area contributed by atoms with Crippen LogP contribution in [0.3, 0.4) is 0 Å². The number of primary amides is 1. The average molecular weight is 402 g/mol. The van der Waals surface area contributed by atoms with Crippen molar-refractivity contribution in [2.24, 2.45) is 21.9 Å². The molecule has 0 radical (unpaired) electrons. The molecule has 1 fully saturated rings. The maximum absolute atomic E-state index is 12.8. The third kappa shape index (κ3) is 4.44. The normalized spacial score (nSPS) is 20.5. The van der Waals surface area contributed by atoms with Crippen molar-refractivity contribution in [1.29, 1.82) is 0 Å². The van der Waals surface area contributed by atoms with Gasteiger partial charge in [-0.05, 0) is 49.2 Å². The Kier molecular flexibility index (Phi) is 6.18. The lowest BCUT2D eigenvalue weighted by molar-refractivity contribution is -0.131. The van der Waals surface area contributed by atoms with Crippen molar-refractivity contribution < 1.29 is 18.4 Å². The van der Waals surface area contributed by atoms with Gasteiger partial charge < -0.3 is 5.73 Å². The van der Waals surface area contributed by atoms with E-state index in [0.29, 0.717) is 28.7 Å². The van der Waals surface area contributed by atoms with E-state index in [2.05, 4.69) is 10.2 Å². The van der Waals surface area contributed by atoms with Crippen LogP contribution in [0.5, 0.6) is 0 Å². The molecule has 2 aromatic rings. The summed E-state index contributed by atoms with van der Waals surface area (Å²) in [7, 11) is -4.18. The zero-order valence-electron chi connectivity index (χ0n) is 15.2. The molecule has 1 aliphatic carbocycles. The molecule has 0 aromatic heterocycles. The van der Waals surface area contributed by atoms with Crippen molar-refractivity contribution in [1.82, 2.24) is 4.47 Å². The summed E-state index contributed by atoms with van der Waals surface area (Å²) in [6, 6.07) is 14.0. The number of carbonyl (C=O) groups excluding carboxylic acids is 1. The number of rotatable bonds is 6. The zero-order valence-corrected chi connectivity index (χ0v) is 16.0. The molecule has 0 aliphatic heterocycles. The van der Waals surface area contributed by atoms with E-state index in [1.807, 2.05) is 18.2 Å². The molecule has 9 heteroatoms. The second-order valence-corrected chi connectivity index (χ2v) is 8.46. The Labute approximate surface area is 163 Å². The molecular weight excluding hydrogens is 380 g/mol. The lowest BCUT2D eigenvalue weighted by Crippen LogP contribution is -2.48. The standard InChI is InChI=1S/C19H22N4O4S/c20-19(24)17-8-4-5-9-18(17)23(25)28(26,27)16-12-10-15(11-13-16)22-21-14-6-2-1-3-7-14/h1-3,6-7,10-13,17-18,25H,4-5,8-9H2,(H2,20,24). The van der Waals surface area contributed by atoms with Crippen LogP contribution >= 0.6 is 0 Å². The Hall–Kier alpha value is -2.62. The third-order valence-corrected chi connectivity index (χ3v) is 6.43. The molecule has 148 valence electrons. The second kappa shape index (κ2) is 8.59. The fourth-order valence-electron chi connectivity index (χ4n) is 3.29. The number of carbonyl (C=O) groups is 1. The summed E-state index contributed by atoms with van der Waals surface area (Å²) in [6.07, 6.45) is 2.34. The van der Waals surface area contributed by atoms with Crippen molar-refractivity contribution in [3.63, 3.8) is 0 Å². The number of hydrogen-bond donors (Lipinski definition) is 2. The Morgan fingerprint density at radius 1 is 0.964 bits per heavy atom. The molecule has 1 amide bonds. The van der Waals surface area contributed by atoms with Gasteiger partial charge in [-0.3, -0.25) is 10.0 Å². The van der Waals surface area contributed by atoms with E-state index in [4.69, 9.17) is 5.73 Å². The van der Waals surface area contributed by atoms with E-state index in [0.717, 1.165) is 12.8 Å². The van der Waals surface area contributed by atoms with Gasteiger partial charge in [-0.2, -0.15) is 10.2 Å². The van der Waals surface area contributed by atoms with E-state index in [9.17, 15) is 18.4 Å². The highest BCUT2D eigenvalue weighted by Crippen LogP contribution is 2.31. The van der Waals surface area contributed by atoms with E-state index in [1.54, 1.807) is 12.1 Å². The summed E-state index contributed by atoms with van der Waals surface area (Å²) in [5.41, 5.74) is 6.53. The first kappa shape index (κ1) is 20.1. The topological polar surface area (TPSA) is 125 Å². The van der Waals surface area contributed by atoms with E-state index in [-0.39, 0.29) is 4.90 Å². The molecule has 8 nitrogen and oxygen atoms in total. The minimum absolute atomic E-state index is 0.0949. The Morgan fingerprint density at radius 3 is 2.14 bits per heavy atom. The van der Waals surface area contributed by atoms with Crippen molar-refractivity contribution in [2.75, 3.05) is 0 Å². The van der Waals surface area contributed by atoms with E-state index < -0.39 is 27.9 Å². The van der Waals surface area contributed by atoms with Gasteiger partial charge in [-0.1, -0.05) is 35.5 Å². The Bertz CT molecular complexity index is 946. The van der Waals surface area contributed by atoms with Crippen molar-refractivity contribution in [3.05, 3.63) is 54.6 Å². The third-order valence-electron chi connectivity index (χ3n) is 4.80. The van der Waals surface area contributed by atoms with Crippen LogP contribution < -0.4 is 5.73 Å². The molecule has 3 N–H and O–H groups in total. The molecule has 28 heavy (non-hydrogen) atoms. The summed E-state index contributed by atoms with van der Waals surface area (Å²) in [4.78, 5) is 11.5. The Balaban J connectivity index is 1.78. The van der Waals surface area contributed by atoms with Gasteiger partial charge in [0, 0.05) is 0 Å². The summed E-state index contributed by atoms with van der Waals surface area (Å²) in [5.74, 6) is -1.30. The fraction of sp³-hybridized carbons (Fsp3) is 0.316. The molecule has 0 saturated heterocycles. The number of hydrogen-bond acceptors (Lipinski definition) is 6. The second-order valence-electron chi connectivity index (χ2n) is 6.67. The van der Waals surface area contributed by atoms with Gasteiger partial charge in [0.25, 0.3) is 10.0 Å². The number of amides is 1. The maximum Gasteiger partial charge on any atom is 0.265 e. The number of azo groups is 1. The van der Waals surface area contributed by atoms with Gasteiger partial charge in [0.2, 0.25) is 5.91 Å². The molecular formula is C19H22N4O4S. The number of hydroxylamine groups is 1. The number of nitrogens with two attached hydrogens (primary N) is 1. The molecule has 0 spiro atoms. The monoisotopic (exact) mass is 402 g/mol. The Morgan fingerprint density at radius 2 is 1.54 bits per heavy atom. The predicted molar refractivity (Wildman–Crippen MR) is 103 cm³/mol. The maximum atomic E-state index is 12.8. The number of sulfonamides is 1. The minimum atomic E-state index is -4.18. The van der Waals surface area contributed by atoms with Crippen LogP contribution in [0.25, 0.3) is 0 Å². The van der Waals surface area contributed by atoms with Gasteiger partial charge in [-0.25, -0.2) is 8.42 Å². The van der Waals surface area contributed by atoms with Crippen LogP contribution in [-0.4, -0.2) is 30.0 Å². The molecule has 2 aromatic carbocycles. The summed E-state index contributed by atoms with van der Waals surface area (Å²) >= 11 is 0. The van der Waals surface area contributed by atoms with Crippen LogP contribution in [0.1, 0.15) is 25.7 Å². The quantitative estimate of drug-likeness (QED) is 0.566. The lowest BCUT2D eigenvalue weighted by Gasteiger charge is -2.33. The SMILES string of the molecule is NC(=O)C1CCCCC1N(O)S(=O)(=O)c1ccc(N=Nc2ccccc2)cc1. The summed E-state index contributed by atoms with van der Waals surface area (Å²) < 4.78 is 25.8. The molecule has 2 unspecified atom stereocenters. The van der Waals surface area contributed by atoms with Crippen LogP contribution in [0, 0.1) is 5.92 Å². The first-order chi connectivity index (χ1) is 13.4. The van der Waals surface area contributed by atoms with E-state index in [1.165, 1.54) is 24.3 Å². The minimum Gasteiger partial charge on any atom is -0.369 e. The van der Waals surface area contributed by atoms with Crippen LogP contribution in [0.4, 0.5) is 11.4 Å². The smallest absolute Gasteiger partial charge is 0.265 e.